The SMILES string of the molecule is CCN(C(=O)O)c1nc2cc(-c3cc(Cc4n[nH]c(=O)c5c(F)ccc(F)c45)ccc3F)ccc2[nH]1. The second kappa shape index (κ2) is 8.84. The van der Waals surface area contributed by atoms with Gasteiger partial charge < -0.3 is 10.1 Å². The zero-order valence-electron chi connectivity index (χ0n) is 18.8. The Morgan fingerprint density at radius 1 is 1.00 bits per heavy atom. The fourth-order valence-electron chi connectivity index (χ4n) is 4.17. The highest BCUT2D eigenvalue weighted by Gasteiger charge is 2.18. The van der Waals surface area contributed by atoms with Gasteiger partial charge in [-0.05, 0) is 54.4 Å². The molecule has 0 radical (unpaired) electrons. The third kappa shape index (κ3) is 3.94. The topological polar surface area (TPSA) is 115 Å². The van der Waals surface area contributed by atoms with Crippen LogP contribution in [0.25, 0.3) is 32.9 Å². The Hall–Kier alpha value is -4.67. The van der Waals surface area contributed by atoms with E-state index in [4.69, 9.17) is 0 Å². The van der Waals surface area contributed by atoms with Crippen LogP contribution in [0.4, 0.5) is 23.9 Å². The van der Waals surface area contributed by atoms with Gasteiger partial charge in [-0.3, -0.25) is 4.79 Å². The van der Waals surface area contributed by atoms with Crippen LogP contribution in [-0.2, 0) is 6.42 Å². The van der Waals surface area contributed by atoms with Gasteiger partial charge in [-0.15, -0.1) is 0 Å². The number of fused-ring (bicyclic) bond motifs is 2. The number of benzene rings is 3. The highest BCUT2D eigenvalue weighted by molar-refractivity contribution is 5.89. The van der Waals surface area contributed by atoms with E-state index in [1.807, 2.05) is 0 Å². The van der Waals surface area contributed by atoms with Crippen molar-refractivity contribution in [3.8, 4) is 11.1 Å². The van der Waals surface area contributed by atoms with Gasteiger partial charge in [0, 0.05) is 23.9 Å². The number of rotatable bonds is 5. The van der Waals surface area contributed by atoms with Crippen molar-refractivity contribution in [3.63, 3.8) is 0 Å². The van der Waals surface area contributed by atoms with Crippen LogP contribution in [0, 0.1) is 17.5 Å². The molecule has 0 atom stereocenters. The van der Waals surface area contributed by atoms with E-state index >= 15 is 0 Å². The maximum Gasteiger partial charge on any atom is 0.414 e. The van der Waals surface area contributed by atoms with Gasteiger partial charge in [-0.1, -0.05) is 12.1 Å². The summed E-state index contributed by atoms with van der Waals surface area (Å²) >= 11 is 0. The molecule has 2 heterocycles. The number of carboxylic acid groups (broad SMARTS) is 1. The smallest absolute Gasteiger partial charge is 0.414 e. The van der Waals surface area contributed by atoms with Crippen LogP contribution in [0.3, 0.4) is 0 Å². The first-order valence-electron chi connectivity index (χ1n) is 10.9. The number of aromatic nitrogens is 4. The molecule has 11 heteroatoms. The van der Waals surface area contributed by atoms with E-state index in [1.165, 1.54) is 12.1 Å². The van der Waals surface area contributed by atoms with E-state index in [0.717, 1.165) is 17.0 Å². The molecule has 0 bridgehead atoms. The first kappa shape index (κ1) is 23.1. The largest absolute Gasteiger partial charge is 0.465 e. The molecule has 0 spiro atoms. The Morgan fingerprint density at radius 3 is 2.44 bits per heavy atom. The summed E-state index contributed by atoms with van der Waals surface area (Å²) in [5, 5.41) is 14.8. The number of anilines is 1. The summed E-state index contributed by atoms with van der Waals surface area (Å²) in [6.45, 7) is 1.87. The van der Waals surface area contributed by atoms with Gasteiger partial charge in [-0.2, -0.15) is 5.10 Å². The minimum atomic E-state index is -1.16. The van der Waals surface area contributed by atoms with Crippen molar-refractivity contribution in [2.24, 2.45) is 0 Å². The average molecular weight is 493 g/mol. The van der Waals surface area contributed by atoms with Crippen LogP contribution in [0.2, 0.25) is 0 Å². The molecule has 0 saturated carbocycles. The van der Waals surface area contributed by atoms with E-state index in [0.29, 0.717) is 22.2 Å². The van der Waals surface area contributed by atoms with Crippen LogP contribution >= 0.6 is 0 Å². The van der Waals surface area contributed by atoms with Crippen molar-refractivity contribution in [3.05, 3.63) is 87.6 Å². The zero-order valence-corrected chi connectivity index (χ0v) is 18.8. The van der Waals surface area contributed by atoms with E-state index in [2.05, 4.69) is 20.2 Å². The predicted molar refractivity (Wildman–Crippen MR) is 128 cm³/mol. The van der Waals surface area contributed by atoms with Crippen LogP contribution < -0.4 is 10.5 Å². The molecule has 5 rings (SSSR count). The number of amides is 1. The third-order valence-corrected chi connectivity index (χ3v) is 5.90. The second-order valence-electron chi connectivity index (χ2n) is 8.09. The fourth-order valence-corrected chi connectivity index (χ4v) is 4.17. The van der Waals surface area contributed by atoms with Crippen LogP contribution in [0.5, 0.6) is 0 Å². The molecule has 36 heavy (non-hydrogen) atoms. The number of H-pyrrole nitrogens is 2. The second-order valence-corrected chi connectivity index (χ2v) is 8.09. The number of hydrogen-bond acceptors (Lipinski definition) is 4. The predicted octanol–water partition coefficient (Wildman–Crippen LogP) is 4.98. The molecule has 0 fully saturated rings. The molecular formula is C25H18F3N5O3. The van der Waals surface area contributed by atoms with E-state index < -0.39 is 34.5 Å². The van der Waals surface area contributed by atoms with E-state index in [1.54, 1.807) is 31.2 Å². The first-order chi connectivity index (χ1) is 17.3. The molecule has 5 aromatic rings. The van der Waals surface area contributed by atoms with Gasteiger partial charge in [0.2, 0.25) is 5.95 Å². The highest BCUT2D eigenvalue weighted by atomic mass is 19.1. The van der Waals surface area contributed by atoms with E-state index in [9.17, 15) is 27.9 Å². The normalized spacial score (nSPS) is 11.3. The molecule has 1 amide bonds. The third-order valence-electron chi connectivity index (χ3n) is 5.90. The summed E-state index contributed by atoms with van der Waals surface area (Å²) in [4.78, 5) is 31.7. The molecule has 0 aliphatic carbocycles. The maximum absolute atomic E-state index is 14.8. The van der Waals surface area contributed by atoms with E-state index in [-0.39, 0.29) is 35.6 Å². The van der Waals surface area contributed by atoms with Crippen molar-refractivity contribution in [1.29, 1.82) is 0 Å². The molecule has 182 valence electrons. The lowest BCUT2D eigenvalue weighted by Crippen LogP contribution is -2.29. The van der Waals surface area contributed by atoms with Crippen molar-refractivity contribution in [1.82, 2.24) is 20.2 Å². The Labute approximate surface area is 201 Å². The summed E-state index contributed by atoms with van der Waals surface area (Å²) in [7, 11) is 0. The van der Waals surface area contributed by atoms with Gasteiger partial charge in [0.1, 0.15) is 17.5 Å². The maximum atomic E-state index is 14.8. The quantitative estimate of drug-likeness (QED) is 0.320. The van der Waals surface area contributed by atoms with Crippen molar-refractivity contribution in [2.75, 3.05) is 11.4 Å². The van der Waals surface area contributed by atoms with Crippen LogP contribution in [0.1, 0.15) is 18.2 Å². The number of aromatic amines is 2. The van der Waals surface area contributed by atoms with Gasteiger partial charge in [0.05, 0.1) is 22.1 Å². The Bertz CT molecular complexity index is 1710. The molecule has 3 aromatic carbocycles. The monoisotopic (exact) mass is 493 g/mol. The standard InChI is InChI=1S/C25H18F3N5O3/c1-2-33(25(35)36)24-29-18-8-4-13(11-19(18)30-24)14-9-12(3-5-15(14)26)10-20-21-16(27)6-7-17(28)22(21)23(34)32-31-20/h3-9,11H,2,10H2,1H3,(H,29,30)(H,32,34)(H,35,36). The molecule has 0 aliphatic rings. The van der Waals surface area contributed by atoms with Gasteiger partial charge in [0.15, 0.2) is 0 Å². The summed E-state index contributed by atoms with van der Waals surface area (Å²) in [6.07, 6.45) is -1.16. The van der Waals surface area contributed by atoms with Crippen molar-refractivity contribution < 1.29 is 23.1 Å². The minimum Gasteiger partial charge on any atom is -0.465 e. The minimum absolute atomic E-state index is 0.000196. The number of carbonyl (C=O) groups is 1. The van der Waals surface area contributed by atoms with Crippen molar-refractivity contribution in [2.45, 2.75) is 13.3 Å². The Kier molecular flexibility index (Phi) is 5.67. The van der Waals surface area contributed by atoms with Gasteiger partial charge in [-0.25, -0.2) is 32.9 Å². The average Bonchev–Trinajstić information content (AvgIpc) is 3.26. The molecule has 0 saturated heterocycles. The molecular weight excluding hydrogens is 475 g/mol. The molecule has 2 aromatic heterocycles. The number of imidazole rings is 1. The molecule has 0 unspecified atom stereocenters. The molecule has 0 aliphatic heterocycles. The first-order valence-corrected chi connectivity index (χ1v) is 10.9. The molecule has 8 nitrogen and oxygen atoms in total. The lowest BCUT2D eigenvalue weighted by atomic mass is 9.98. The fraction of sp³-hybridized carbons (Fsp3) is 0.120. The summed E-state index contributed by atoms with van der Waals surface area (Å²) in [5.74, 6) is -2.03. The Morgan fingerprint density at radius 2 is 1.72 bits per heavy atom. The summed E-state index contributed by atoms with van der Waals surface area (Å²) in [5.41, 5.74) is 1.52. The van der Waals surface area contributed by atoms with Crippen LogP contribution in [0.15, 0.2) is 53.3 Å². The Balaban J connectivity index is 1.55. The van der Waals surface area contributed by atoms with Crippen LogP contribution in [-0.4, -0.2) is 37.9 Å². The lowest BCUT2D eigenvalue weighted by Gasteiger charge is -2.12. The van der Waals surface area contributed by atoms with Gasteiger partial charge in [0.25, 0.3) is 5.56 Å². The summed E-state index contributed by atoms with van der Waals surface area (Å²) < 4.78 is 43.6. The molecule has 3 N–H and O–H groups in total. The number of nitrogens with zero attached hydrogens (tertiary/aromatic N) is 3. The summed E-state index contributed by atoms with van der Waals surface area (Å²) in [6, 6.07) is 11.0. The van der Waals surface area contributed by atoms with Gasteiger partial charge >= 0.3 is 6.09 Å². The number of halogens is 3. The van der Waals surface area contributed by atoms with Crippen molar-refractivity contribution >= 4 is 33.8 Å². The highest BCUT2D eigenvalue weighted by Crippen LogP contribution is 2.29. The lowest BCUT2D eigenvalue weighted by molar-refractivity contribution is 0.202. The number of nitrogens with one attached hydrogen (secondary N) is 2. The zero-order chi connectivity index (χ0) is 25.6. The number of hydrogen-bond donors (Lipinski definition) is 3.